The predicted octanol–water partition coefficient (Wildman–Crippen LogP) is 2.02. The molecule has 6 nitrogen and oxygen atoms in total. The Balaban J connectivity index is 2.35. The summed E-state index contributed by atoms with van der Waals surface area (Å²) in [4.78, 5) is 21.8. The second-order valence-corrected chi connectivity index (χ2v) is 3.94. The maximum Gasteiger partial charge on any atom is 0.319 e. The van der Waals surface area contributed by atoms with Crippen molar-refractivity contribution in [3.05, 3.63) is 24.3 Å². The monoisotopic (exact) mass is 284 g/mol. The maximum atomic E-state index is 12.0. The van der Waals surface area contributed by atoms with E-state index < -0.39 is 18.7 Å². The Morgan fingerprint density at radius 1 is 1.35 bits per heavy atom. The first-order chi connectivity index (χ1) is 9.61. The van der Waals surface area contributed by atoms with Gasteiger partial charge in [0.1, 0.15) is 19.0 Å². The molecule has 0 aliphatic heterocycles. The Bertz CT molecular complexity index is 454. The molecule has 1 rings (SSSR count). The van der Waals surface area contributed by atoms with E-state index in [-0.39, 0.29) is 19.6 Å². The minimum atomic E-state index is -0.898. The number of urea groups is 1. The van der Waals surface area contributed by atoms with Crippen molar-refractivity contribution < 1.29 is 23.8 Å². The summed E-state index contributed by atoms with van der Waals surface area (Å²) >= 11 is 0. The lowest BCUT2D eigenvalue weighted by molar-refractivity contribution is -0.137. The predicted molar refractivity (Wildman–Crippen MR) is 71.8 cm³/mol. The number of hydrogen-bond acceptors (Lipinski definition) is 3. The molecular formula is C13H17FN2O4. The molecule has 20 heavy (non-hydrogen) atoms. The van der Waals surface area contributed by atoms with Crippen LogP contribution in [0.1, 0.15) is 12.8 Å². The van der Waals surface area contributed by atoms with Crippen LogP contribution in [0.3, 0.4) is 0 Å². The molecule has 110 valence electrons. The number of aliphatic carboxylic acids is 1. The van der Waals surface area contributed by atoms with Crippen LogP contribution < -0.4 is 15.4 Å². The molecule has 0 saturated heterocycles. The first-order valence-electron chi connectivity index (χ1n) is 6.17. The molecule has 1 aromatic carbocycles. The highest BCUT2D eigenvalue weighted by Gasteiger charge is 2.03. The summed E-state index contributed by atoms with van der Waals surface area (Å²) in [5.74, 6) is -0.434. The van der Waals surface area contributed by atoms with E-state index in [0.29, 0.717) is 17.9 Å². The minimum Gasteiger partial charge on any atom is -0.491 e. The van der Waals surface area contributed by atoms with Gasteiger partial charge in [0.15, 0.2) is 0 Å². The van der Waals surface area contributed by atoms with Gasteiger partial charge in [-0.05, 0) is 18.6 Å². The normalized spacial score (nSPS) is 9.85. The number of ether oxygens (including phenoxy) is 1. The highest BCUT2D eigenvalue weighted by molar-refractivity contribution is 5.89. The summed E-state index contributed by atoms with van der Waals surface area (Å²) in [7, 11) is 0. The lowest BCUT2D eigenvalue weighted by Crippen LogP contribution is -2.29. The van der Waals surface area contributed by atoms with E-state index in [2.05, 4.69) is 10.6 Å². The number of rotatable bonds is 8. The summed E-state index contributed by atoms with van der Waals surface area (Å²) < 4.78 is 17.1. The van der Waals surface area contributed by atoms with E-state index in [1.165, 1.54) is 0 Å². The number of alkyl halides is 1. The second kappa shape index (κ2) is 8.73. The minimum absolute atomic E-state index is 0.00678. The lowest BCUT2D eigenvalue weighted by Gasteiger charge is -2.09. The molecule has 0 bridgehead atoms. The number of nitrogens with one attached hydrogen (secondary N) is 2. The van der Waals surface area contributed by atoms with Crippen molar-refractivity contribution in [3.63, 3.8) is 0 Å². The number of carbonyl (C=O) groups excluding carboxylic acids is 1. The van der Waals surface area contributed by atoms with Crippen LogP contribution in [0.4, 0.5) is 14.9 Å². The highest BCUT2D eigenvalue weighted by Crippen LogP contribution is 2.17. The van der Waals surface area contributed by atoms with Crippen LogP contribution in [0.15, 0.2) is 24.3 Å². The fraction of sp³-hybridized carbons (Fsp3) is 0.385. The summed E-state index contributed by atoms with van der Waals surface area (Å²) in [6, 6.07) is 6.14. The van der Waals surface area contributed by atoms with Gasteiger partial charge in [0, 0.05) is 24.7 Å². The molecule has 0 aromatic heterocycles. The second-order valence-electron chi connectivity index (χ2n) is 3.94. The van der Waals surface area contributed by atoms with Crippen molar-refractivity contribution in [2.75, 3.05) is 25.1 Å². The molecule has 0 aliphatic rings. The van der Waals surface area contributed by atoms with Crippen molar-refractivity contribution in [2.24, 2.45) is 0 Å². The molecule has 2 amide bonds. The molecule has 7 heteroatoms. The zero-order valence-electron chi connectivity index (χ0n) is 10.9. The van der Waals surface area contributed by atoms with Crippen molar-refractivity contribution in [3.8, 4) is 5.75 Å². The van der Waals surface area contributed by atoms with Gasteiger partial charge in [0.25, 0.3) is 0 Å². The van der Waals surface area contributed by atoms with Crippen LogP contribution in [-0.2, 0) is 4.79 Å². The van der Waals surface area contributed by atoms with Crippen LogP contribution in [0.2, 0.25) is 0 Å². The number of halogens is 1. The molecule has 0 unspecified atom stereocenters. The van der Waals surface area contributed by atoms with Gasteiger partial charge in [-0.3, -0.25) is 4.79 Å². The number of carboxylic acid groups (broad SMARTS) is 1. The van der Waals surface area contributed by atoms with E-state index in [4.69, 9.17) is 9.84 Å². The zero-order valence-corrected chi connectivity index (χ0v) is 10.9. The fourth-order valence-electron chi connectivity index (χ4n) is 1.44. The molecule has 0 spiro atoms. The molecule has 0 heterocycles. The van der Waals surface area contributed by atoms with Gasteiger partial charge < -0.3 is 20.5 Å². The van der Waals surface area contributed by atoms with Gasteiger partial charge in [-0.1, -0.05) is 6.07 Å². The van der Waals surface area contributed by atoms with Gasteiger partial charge in [0.05, 0.1) is 0 Å². The molecule has 0 radical (unpaired) electrons. The first-order valence-corrected chi connectivity index (χ1v) is 6.17. The fourth-order valence-corrected chi connectivity index (χ4v) is 1.44. The van der Waals surface area contributed by atoms with Crippen LogP contribution in [0.25, 0.3) is 0 Å². The SMILES string of the molecule is O=C(O)CCCNC(=O)Nc1cccc(OCCF)c1. The number of hydrogen-bond donors (Lipinski definition) is 3. The molecule has 1 aromatic rings. The van der Waals surface area contributed by atoms with Gasteiger partial charge in [-0.25, -0.2) is 9.18 Å². The summed E-state index contributed by atoms with van der Waals surface area (Å²) in [5, 5.41) is 13.6. The van der Waals surface area contributed by atoms with E-state index in [9.17, 15) is 14.0 Å². The summed E-state index contributed by atoms with van der Waals surface area (Å²) in [6.45, 7) is -0.345. The Hall–Kier alpha value is -2.31. The van der Waals surface area contributed by atoms with Crippen LogP contribution in [0, 0.1) is 0 Å². The average Bonchev–Trinajstić information content (AvgIpc) is 2.41. The third-order valence-electron chi connectivity index (χ3n) is 2.29. The number of carboxylic acids is 1. The van der Waals surface area contributed by atoms with Crippen LogP contribution >= 0.6 is 0 Å². The molecular weight excluding hydrogens is 267 g/mol. The highest BCUT2D eigenvalue weighted by atomic mass is 19.1. The largest absolute Gasteiger partial charge is 0.491 e. The Kier molecular flexibility index (Phi) is 6.88. The van der Waals surface area contributed by atoms with Crippen LogP contribution in [-0.4, -0.2) is 36.9 Å². The third kappa shape index (κ3) is 6.58. The zero-order chi connectivity index (χ0) is 14.8. The molecule has 0 saturated carbocycles. The number of amides is 2. The van der Waals surface area contributed by atoms with E-state index in [1.807, 2.05) is 0 Å². The number of carbonyl (C=O) groups is 2. The van der Waals surface area contributed by atoms with Gasteiger partial charge >= 0.3 is 12.0 Å². The lowest BCUT2D eigenvalue weighted by atomic mass is 10.3. The van der Waals surface area contributed by atoms with E-state index >= 15 is 0 Å². The quantitative estimate of drug-likeness (QED) is 0.637. The van der Waals surface area contributed by atoms with Crippen molar-refractivity contribution in [2.45, 2.75) is 12.8 Å². The van der Waals surface area contributed by atoms with Gasteiger partial charge in [-0.15, -0.1) is 0 Å². The smallest absolute Gasteiger partial charge is 0.319 e. The Morgan fingerprint density at radius 2 is 2.15 bits per heavy atom. The molecule has 0 aliphatic carbocycles. The first kappa shape index (κ1) is 15.7. The van der Waals surface area contributed by atoms with Gasteiger partial charge in [0.2, 0.25) is 0 Å². The summed E-state index contributed by atoms with van der Waals surface area (Å²) in [5.41, 5.74) is 0.511. The average molecular weight is 284 g/mol. The number of anilines is 1. The van der Waals surface area contributed by atoms with Crippen molar-refractivity contribution >= 4 is 17.7 Å². The van der Waals surface area contributed by atoms with Gasteiger partial charge in [-0.2, -0.15) is 0 Å². The maximum absolute atomic E-state index is 12.0. The Morgan fingerprint density at radius 3 is 2.85 bits per heavy atom. The number of benzene rings is 1. The van der Waals surface area contributed by atoms with Crippen molar-refractivity contribution in [1.82, 2.24) is 5.32 Å². The topological polar surface area (TPSA) is 87.7 Å². The molecule has 0 fully saturated rings. The molecule has 0 atom stereocenters. The van der Waals surface area contributed by atoms with Crippen LogP contribution in [0.5, 0.6) is 5.75 Å². The van der Waals surface area contributed by atoms with E-state index in [1.54, 1.807) is 24.3 Å². The third-order valence-corrected chi connectivity index (χ3v) is 2.29. The van der Waals surface area contributed by atoms with Crippen molar-refractivity contribution in [1.29, 1.82) is 0 Å². The summed E-state index contributed by atoms with van der Waals surface area (Å²) in [6.07, 6.45) is 0.370. The van der Waals surface area contributed by atoms with E-state index in [0.717, 1.165) is 0 Å². The standard InChI is InChI=1S/C13H17FN2O4/c14-6-8-20-11-4-1-3-10(9-11)16-13(19)15-7-2-5-12(17)18/h1,3-4,9H,2,5-8H2,(H,17,18)(H2,15,16,19). The Labute approximate surface area is 115 Å². The molecule has 3 N–H and O–H groups in total.